The largest absolute Gasteiger partial charge is 0.380 e. The highest BCUT2D eigenvalue weighted by molar-refractivity contribution is 6.36. The van der Waals surface area contributed by atoms with Gasteiger partial charge in [-0.3, -0.25) is 0 Å². The van der Waals surface area contributed by atoms with Gasteiger partial charge in [-0.05, 0) is 24.1 Å². The first kappa shape index (κ1) is 12.6. The van der Waals surface area contributed by atoms with Crippen LogP contribution in [0, 0.1) is 5.92 Å². The lowest BCUT2D eigenvalue weighted by Gasteiger charge is -2.22. The van der Waals surface area contributed by atoms with Crippen molar-refractivity contribution in [3.8, 4) is 0 Å². The quantitative estimate of drug-likeness (QED) is 0.855. The number of benzene rings is 1. The molecule has 0 aliphatic carbocycles. The van der Waals surface area contributed by atoms with Gasteiger partial charge in [0.25, 0.3) is 0 Å². The van der Waals surface area contributed by atoms with Crippen LogP contribution >= 0.6 is 23.2 Å². The van der Waals surface area contributed by atoms with Gasteiger partial charge in [0.05, 0.1) is 10.7 Å². The van der Waals surface area contributed by atoms with Gasteiger partial charge in [0.2, 0.25) is 0 Å². The van der Waals surface area contributed by atoms with Crippen LogP contribution in [0.3, 0.4) is 0 Å². The van der Waals surface area contributed by atoms with Crippen LogP contribution in [-0.2, 0) is 0 Å². The summed E-state index contributed by atoms with van der Waals surface area (Å²) in [5.41, 5.74) is 6.55. The van der Waals surface area contributed by atoms with E-state index in [1.165, 1.54) is 0 Å². The van der Waals surface area contributed by atoms with E-state index in [1.54, 1.807) is 6.07 Å². The fourth-order valence-corrected chi connectivity index (χ4v) is 1.77. The van der Waals surface area contributed by atoms with Gasteiger partial charge >= 0.3 is 0 Å². The van der Waals surface area contributed by atoms with Crippen molar-refractivity contribution < 1.29 is 0 Å². The normalized spacial score (nSPS) is 12.9. The minimum Gasteiger partial charge on any atom is -0.380 e. The predicted molar refractivity (Wildman–Crippen MR) is 67.8 cm³/mol. The summed E-state index contributed by atoms with van der Waals surface area (Å²) in [5, 5.41) is 4.57. The smallest absolute Gasteiger partial charge is 0.0652 e. The standard InChI is InChI=1S/C11H16Cl2N2/c1-7(2)11(6-14)15-10-4-3-8(12)5-9(10)13/h3-5,7,11,15H,6,14H2,1-2H3. The topological polar surface area (TPSA) is 38.0 Å². The third-order valence-corrected chi connectivity index (χ3v) is 2.88. The molecule has 4 heteroatoms. The second-order valence-corrected chi connectivity index (χ2v) is 4.70. The number of nitrogens with two attached hydrogens (primary N) is 1. The number of hydrogen-bond donors (Lipinski definition) is 2. The molecular formula is C11H16Cl2N2. The lowest BCUT2D eigenvalue weighted by Crippen LogP contribution is -2.33. The summed E-state index contributed by atoms with van der Waals surface area (Å²) in [6.45, 7) is 4.82. The van der Waals surface area contributed by atoms with Crippen molar-refractivity contribution in [3.63, 3.8) is 0 Å². The van der Waals surface area contributed by atoms with Crippen molar-refractivity contribution in [1.82, 2.24) is 0 Å². The summed E-state index contributed by atoms with van der Waals surface area (Å²) in [6, 6.07) is 5.63. The van der Waals surface area contributed by atoms with Crippen LogP contribution in [0.25, 0.3) is 0 Å². The van der Waals surface area contributed by atoms with Crippen LogP contribution in [0.2, 0.25) is 10.0 Å². The number of rotatable bonds is 4. The van der Waals surface area contributed by atoms with Crippen LogP contribution in [0.4, 0.5) is 5.69 Å². The average molecular weight is 247 g/mol. The molecule has 0 fully saturated rings. The second kappa shape index (κ2) is 5.59. The third-order valence-electron chi connectivity index (χ3n) is 2.33. The molecule has 0 saturated carbocycles. The van der Waals surface area contributed by atoms with Crippen LogP contribution in [0.5, 0.6) is 0 Å². The van der Waals surface area contributed by atoms with Gasteiger partial charge < -0.3 is 11.1 Å². The fraction of sp³-hybridized carbons (Fsp3) is 0.455. The maximum atomic E-state index is 6.05. The molecule has 3 N–H and O–H groups in total. The van der Waals surface area contributed by atoms with E-state index < -0.39 is 0 Å². The van der Waals surface area contributed by atoms with E-state index in [2.05, 4.69) is 19.2 Å². The van der Waals surface area contributed by atoms with Gasteiger partial charge in [0, 0.05) is 17.6 Å². The predicted octanol–water partition coefficient (Wildman–Crippen LogP) is 3.39. The Labute approximate surface area is 101 Å². The first-order valence-electron chi connectivity index (χ1n) is 4.96. The number of anilines is 1. The molecule has 1 atom stereocenters. The van der Waals surface area contributed by atoms with E-state index in [4.69, 9.17) is 28.9 Å². The first-order valence-corrected chi connectivity index (χ1v) is 5.72. The van der Waals surface area contributed by atoms with Crippen molar-refractivity contribution in [1.29, 1.82) is 0 Å². The van der Waals surface area contributed by atoms with E-state index in [0.717, 1.165) is 5.69 Å². The Morgan fingerprint density at radius 3 is 2.47 bits per heavy atom. The lowest BCUT2D eigenvalue weighted by molar-refractivity contribution is 0.531. The Morgan fingerprint density at radius 1 is 1.33 bits per heavy atom. The highest BCUT2D eigenvalue weighted by Gasteiger charge is 2.12. The molecule has 0 radical (unpaired) electrons. The summed E-state index contributed by atoms with van der Waals surface area (Å²) in [5.74, 6) is 0.460. The van der Waals surface area contributed by atoms with Gasteiger partial charge in [-0.25, -0.2) is 0 Å². The number of halogens is 2. The summed E-state index contributed by atoms with van der Waals surface area (Å²) in [7, 11) is 0. The van der Waals surface area contributed by atoms with E-state index in [0.29, 0.717) is 22.5 Å². The van der Waals surface area contributed by atoms with Crippen LogP contribution in [0.1, 0.15) is 13.8 Å². The summed E-state index contributed by atoms with van der Waals surface area (Å²) in [4.78, 5) is 0. The molecule has 2 nitrogen and oxygen atoms in total. The zero-order valence-electron chi connectivity index (χ0n) is 8.93. The molecule has 0 saturated heterocycles. The highest BCUT2D eigenvalue weighted by atomic mass is 35.5. The molecule has 1 unspecified atom stereocenters. The average Bonchev–Trinajstić information content (AvgIpc) is 2.16. The van der Waals surface area contributed by atoms with Crippen molar-refractivity contribution >= 4 is 28.9 Å². The Hall–Kier alpha value is -0.440. The zero-order valence-corrected chi connectivity index (χ0v) is 10.4. The van der Waals surface area contributed by atoms with E-state index >= 15 is 0 Å². The van der Waals surface area contributed by atoms with Crippen molar-refractivity contribution in [3.05, 3.63) is 28.2 Å². The van der Waals surface area contributed by atoms with Crippen molar-refractivity contribution in [2.75, 3.05) is 11.9 Å². The molecule has 0 aromatic heterocycles. The van der Waals surface area contributed by atoms with Gasteiger partial charge in [0.1, 0.15) is 0 Å². The summed E-state index contributed by atoms with van der Waals surface area (Å²) >= 11 is 11.9. The Balaban J connectivity index is 2.79. The minimum absolute atomic E-state index is 0.226. The van der Waals surface area contributed by atoms with E-state index in [9.17, 15) is 0 Å². The van der Waals surface area contributed by atoms with Crippen molar-refractivity contribution in [2.45, 2.75) is 19.9 Å². The first-order chi connectivity index (χ1) is 7.04. The molecule has 1 aromatic rings. The molecule has 84 valence electrons. The maximum Gasteiger partial charge on any atom is 0.0652 e. The maximum absolute atomic E-state index is 6.05. The number of nitrogens with one attached hydrogen (secondary N) is 1. The van der Waals surface area contributed by atoms with Crippen LogP contribution in [0.15, 0.2) is 18.2 Å². The molecule has 0 bridgehead atoms. The monoisotopic (exact) mass is 246 g/mol. The minimum atomic E-state index is 0.226. The molecule has 0 amide bonds. The number of hydrogen-bond acceptors (Lipinski definition) is 2. The van der Waals surface area contributed by atoms with Gasteiger partial charge in [-0.2, -0.15) is 0 Å². The Morgan fingerprint density at radius 2 is 2.00 bits per heavy atom. The SMILES string of the molecule is CC(C)C(CN)Nc1ccc(Cl)cc1Cl. The molecule has 15 heavy (non-hydrogen) atoms. The molecule has 1 rings (SSSR count). The molecule has 0 heterocycles. The molecule has 0 aliphatic rings. The van der Waals surface area contributed by atoms with Crippen LogP contribution in [-0.4, -0.2) is 12.6 Å². The van der Waals surface area contributed by atoms with Gasteiger partial charge in [-0.1, -0.05) is 37.0 Å². The van der Waals surface area contributed by atoms with E-state index in [1.807, 2.05) is 12.1 Å². The molecule has 0 spiro atoms. The third kappa shape index (κ3) is 3.56. The Bertz CT molecular complexity index is 326. The van der Waals surface area contributed by atoms with Crippen LogP contribution < -0.4 is 11.1 Å². The second-order valence-electron chi connectivity index (χ2n) is 3.85. The van der Waals surface area contributed by atoms with E-state index in [-0.39, 0.29) is 6.04 Å². The highest BCUT2D eigenvalue weighted by Crippen LogP contribution is 2.26. The Kier molecular flexibility index (Phi) is 4.71. The molecular weight excluding hydrogens is 231 g/mol. The summed E-state index contributed by atoms with van der Waals surface area (Å²) < 4.78 is 0. The molecule has 1 aromatic carbocycles. The summed E-state index contributed by atoms with van der Waals surface area (Å²) in [6.07, 6.45) is 0. The zero-order chi connectivity index (χ0) is 11.4. The lowest BCUT2D eigenvalue weighted by atomic mass is 10.0. The van der Waals surface area contributed by atoms with Gasteiger partial charge in [0.15, 0.2) is 0 Å². The fourth-order valence-electron chi connectivity index (χ4n) is 1.30. The van der Waals surface area contributed by atoms with Crippen molar-refractivity contribution in [2.24, 2.45) is 11.7 Å². The molecule has 0 aliphatic heterocycles. The van der Waals surface area contributed by atoms with Gasteiger partial charge in [-0.15, -0.1) is 0 Å².